The molecule has 0 aromatic carbocycles. The minimum absolute atomic E-state index is 0.0404. The largest absolute Gasteiger partial charge is 0.466 e. The number of esters is 3. The van der Waals surface area contributed by atoms with Crippen molar-refractivity contribution in [2.24, 2.45) is 0 Å². The third kappa shape index (κ3) is 12.3. The van der Waals surface area contributed by atoms with E-state index in [2.05, 4.69) is 17.1 Å². The monoisotopic (exact) mass is 343 g/mol. The van der Waals surface area contributed by atoms with Gasteiger partial charge in [0, 0.05) is 5.57 Å². The molecule has 0 atom stereocenters. The molecule has 0 saturated carbocycles. The van der Waals surface area contributed by atoms with Gasteiger partial charge in [-0.2, -0.15) is 0 Å². The minimum atomic E-state index is -0.544. The predicted octanol–water partition coefficient (Wildman–Crippen LogP) is 0.500. The number of hydrogen-bond donors (Lipinski definition) is 0. The normalized spacial score (nSPS) is 9.91. The summed E-state index contributed by atoms with van der Waals surface area (Å²) in [6.07, 6.45) is 0.591. The standard InChI is InChI=1S/C13H19O7Si2/c1-10(2)13(16)19-8-7-18-12(15)5-4-11(14)17-6-3-9-22-20-21/h1,3-9H2,2H3. The van der Waals surface area contributed by atoms with Crippen molar-refractivity contribution in [2.45, 2.75) is 32.2 Å². The third-order valence-electron chi connectivity index (χ3n) is 2.22. The van der Waals surface area contributed by atoms with Crippen LogP contribution in [0.4, 0.5) is 0 Å². The summed E-state index contributed by atoms with van der Waals surface area (Å²) in [5.74, 6) is -1.53. The van der Waals surface area contributed by atoms with Gasteiger partial charge in [0.15, 0.2) is 0 Å². The van der Waals surface area contributed by atoms with Crippen LogP contribution in [0.3, 0.4) is 0 Å². The number of ether oxygens (including phenoxy) is 3. The lowest BCUT2D eigenvalue weighted by molar-refractivity contribution is -0.153. The molecule has 0 bridgehead atoms. The van der Waals surface area contributed by atoms with Gasteiger partial charge in [-0.25, -0.2) is 4.79 Å². The minimum Gasteiger partial charge on any atom is -0.466 e. The summed E-state index contributed by atoms with van der Waals surface area (Å²) in [5, 5.41) is 0. The zero-order valence-electron chi connectivity index (χ0n) is 12.5. The molecule has 0 aliphatic heterocycles. The van der Waals surface area contributed by atoms with Crippen LogP contribution in [0.5, 0.6) is 0 Å². The number of hydrogen-bond acceptors (Lipinski definition) is 7. The van der Waals surface area contributed by atoms with Crippen molar-refractivity contribution in [3.8, 4) is 0 Å². The van der Waals surface area contributed by atoms with Crippen molar-refractivity contribution < 1.29 is 32.7 Å². The van der Waals surface area contributed by atoms with Gasteiger partial charge in [0.2, 0.25) is 20.2 Å². The van der Waals surface area contributed by atoms with Crippen LogP contribution in [0.25, 0.3) is 0 Å². The number of carbonyl (C=O) groups is 3. The van der Waals surface area contributed by atoms with Crippen LogP contribution in [-0.4, -0.2) is 58.0 Å². The van der Waals surface area contributed by atoms with Crippen molar-refractivity contribution in [2.75, 3.05) is 19.8 Å². The van der Waals surface area contributed by atoms with Gasteiger partial charge in [-0.15, -0.1) is 0 Å². The summed E-state index contributed by atoms with van der Waals surface area (Å²) < 4.78 is 19.2. The lowest BCUT2D eigenvalue weighted by atomic mass is 10.3. The van der Waals surface area contributed by atoms with Gasteiger partial charge < -0.3 is 18.3 Å². The Morgan fingerprint density at radius 2 is 1.55 bits per heavy atom. The van der Waals surface area contributed by atoms with E-state index in [4.69, 9.17) is 18.3 Å². The maximum atomic E-state index is 11.3. The quantitative estimate of drug-likeness (QED) is 0.168. The molecule has 0 saturated heterocycles. The molecule has 121 valence electrons. The second-order valence-electron chi connectivity index (χ2n) is 4.21. The van der Waals surface area contributed by atoms with Crippen LogP contribution in [0.15, 0.2) is 12.2 Å². The molecule has 0 unspecified atom stereocenters. The SMILES string of the molecule is C=C(C)C(=O)OCCOC(=O)CCC(=O)OCCC[Si]O[Si]. The van der Waals surface area contributed by atoms with Crippen LogP contribution >= 0.6 is 0 Å². The van der Waals surface area contributed by atoms with Crippen LogP contribution in [0, 0.1) is 0 Å². The molecule has 22 heavy (non-hydrogen) atoms. The second kappa shape index (κ2) is 13.2. The first kappa shape index (κ1) is 20.5. The summed E-state index contributed by atoms with van der Waals surface area (Å²) in [6, 6.07) is 0.793. The molecule has 0 N–H and O–H groups in total. The number of rotatable bonds is 12. The summed E-state index contributed by atoms with van der Waals surface area (Å²) in [7, 11) is 3.20. The highest BCUT2D eigenvalue weighted by Crippen LogP contribution is 1.99. The van der Waals surface area contributed by atoms with Gasteiger partial charge in [-0.05, 0) is 19.4 Å². The van der Waals surface area contributed by atoms with E-state index in [0.717, 1.165) is 6.04 Å². The smallest absolute Gasteiger partial charge is 0.333 e. The van der Waals surface area contributed by atoms with Crippen LogP contribution in [-0.2, 0) is 32.7 Å². The first-order chi connectivity index (χ1) is 10.5. The predicted molar refractivity (Wildman–Crippen MR) is 78.9 cm³/mol. The van der Waals surface area contributed by atoms with Gasteiger partial charge in [0.05, 0.1) is 19.4 Å². The van der Waals surface area contributed by atoms with E-state index >= 15 is 0 Å². The maximum absolute atomic E-state index is 11.3. The summed E-state index contributed by atoms with van der Waals surface area (Å²) in [6.45, 7) is 5.14. The topological polar surface area (TPSA) is 88.1 Å². The molecule has 0 heterocycles. The fraction of sp³-hybridized carbons (Fsp3) is 0.615. The Morgan fingerprint density at radius 3 is 2.09 bits per heavy atom. The van der Waals surface area contributed by atoms with E-state index in [1.807, 2.05) is 0 Å². The molecule has 0 fully saturated rings. The van der Waals surface area contributed by atoms with Crippen molar-refractivity contribution >= 4 is 38.2 Å². The third-order valence-corrected chi connectivity index (χ3v) is 3.35. The van der Waals surface area contributed by atoms with Crippen molar-refractivity contribution in [3.05, 3.63) is 12.2 Å². The highest BCUT2D eigenvalue weighted by atomic mass is 28.3. The molecule has 5 radical (unpaired) electrons. The average Bonchev–Trinajstić information content (AvgIpc) is 2.48. The highest BCUT2D eigenvalue weighted by Gasteiger charge is 2.10. The Kier molecular flexibility index (Phi) is 12.3. The van der Waals surface area contributed by atoms with Gasteiger partial charge in [0.1, 0.15) is 13.2 Å². The molecule has 0 aromatic heterocycles. The molecule has 0 aliphatic carbocycles. The van der Waals surface area contributed by atoms with Crippen LogP contribution in [0.1, 0.15) is 26.2 Å². The highest BCUT2D eigenvalue weighted by molar-refractivity contribution is 6.34. The first-order valence-electron chi connectivity index (χ1n) is 6.66. The molecule has 9 heteroatoms. The Bertz CT molecular complexity index is 385. The fourth-order valence-corrected chi connectivity index (χ4v) is 1.84. The Balaban J connectivity index is 3.54. The molecule has 0 amide bonds. The average molecular weight is 343 g/mol. The van der Waals surface area contributed by atoms with Gasteiger partial charge in [-0.3, -0.25) is 9.59 Å². The van der Waals surface area contributed by atoms with Crippen molar-refractivity contribution in [1.82, 2.24) is 0 Å². The maximum Gasteiger partial charge on any atom is 0.333 e. The van der Waals surface area contributed by atoms with E-state index in [1.165, 1.54) is 6.92 Å². The van der Waals surface area contributed by atoms with E-state index < -0.39 is 17.9 Å². The summed E-state index contributed by atoms with van der Waals surface area (Å²) >= 11 is 0. The molecule has 0 aromatic rings. The molecule has 7 nitrogen and oxygen atoms in total. The molecule has 0 aliphatic rings. The summed E-state index contributed by atoms with van der Waals surface area (Å²) in [4.78, 5) is 33.7. The van der Waals surface area contributed by atoms with Crippen molar-refractivity contribution in [3.63, 3.8) is 0 Å². The lowest BCUT2D eigenvalue weighted by Crippen LogP contribution is -2.15. The van der Waals surface area contributed by atoms with Gasteiger partial charge >= 0.3 is 17.9 Å². The number of carbonyl (C=O) groups excluding carboxylic acids is 3. The second-order valence-corrected chi connectivity index (χ2v) is 5.81. The lowest BCUT2D eigenvalue weighted by Gasteiger charge is -2.06. The van der Waals surface area contributed by atoms with E-state index in [0.29, 0.717) is 22.8 Å². The molecular weight excluding hydrogens is 324 g/mol. The molecule has 0 rings (SSSR count). The molecule has 0 spiro atoms. The summed E-state index contributed by atoms with van der Waals surface area (Å²) in [5.41, 5.74) is 0.275. The van der Waals surface area contributed by atoms with Gasteiger partial charge in [-0.1, -0.05) is 6.58 Å². The van der Waals surface area contributed by atoms with Crippen LogP contribution < -0.4 is 0 Å². The Labute approximate surface area is 135 Å². The van der Waals surface area contributed by atoms with Gasteiger partial charge in [0.25, 0.3) is 0 Å². The van der Waals surface area contributed by atoms with E-state index in [9.17, 15) is 14.4 Å². The van der Waals surface area contributed by atoms with E-state index in [1.54, 1.807) is 0 Å². The van der Waals surface area contributed by atoms with Crippen LogP contribution in [0.2, 0.25) is 6.04 Å². The zero-order chi connectivity index (χ0) is 16.8. The first-order valence-corrected chi connectivity index (χ1v) is 8.19. The Morgan fingerprint density at radius 1 is 1.00 bits per heavy atom. The Hall–Kier alpha value is -1.46. The van der Waals surface area contributed by atoms with E-state index in [-0.39, 0.29) is 31.6 Å². The molecular formula is C13H19O7Si2. The zero-order valence-corrected chi connectivity index (χ0v) is 14.5. The van der Waals surface area contributed by atoms with Crippen molar-refractivity contribution in [1.29, 1.82) is 0 Å². The fourth-order valence-electron chi connectivity index (χ4n) is 1.14.